The number of nitrogens with one attached hydrogen (secondary N) is 2. The van der Waals surface area contributed by atoms with Crippen molar-refractivity contribution in [2.75, 3.05) is 6.61 Å². The second-order valence-corrected chi connectivity index (χ2v) is 10.1. The summed E-state index contributed by atoms with van der Waals surface area (Å²) in [6.45, 7) is 3.81. The van der Waals surface area contributed by atoms with Gasteiger partial charge in [0, 0.05) is 23.2 Å². The number of aliphatic hydroxyl groups is 1. The van der Waals surface area contributed by atoms with E-state index in [0.717, 1.165) is 12.0 Å². The van der Waals surface area contributed by atoms with E-state index >= 15 is 0 Å². The molecule has 40 heavy (non-hydrogen) atoms. The molecule has 0 bridgehead atoms. The number of carbonyl (C=O) groups excluding carboxylic acids is 1. The van der Waals surface area contributed by atoms with Gasteiger partial charge in [-0.2, -0.15) is 0 Å². The number of esters is 1. The molecule has 1 saturated carbocycles. The van der Waals surface area contributed by atoms with Crippen LogP contribution >= 0.6 is 0 Å². The number of carbonyl (C=O) groups is 1. The maximum Gasteiger partial charge on any atom is 0.309 e. The molecule has 3 atom stereocenters. The first-order valence-corrected chi connectivity index (χ1v) is 13.0. The van der Waals surface area contributed by atoms with E-state index in [9.17, 15) is 18.7 Å². The fraction of sp³-hybridized carbons (Fsp3) is 0.226. The largest absolute Gasteiger partial charge is 0.466 e. The average Bonchev–Trinajstić information content (AvgIpc) is 3.34. The quantitative estimate of drug-likeness (QED) is 0.193. The lowest BCUT2D eigenvalue weighted by molar-refractivity contribution is -0.144. The van der Waals surface area contributed by atoms with Crippen molar-refractivity contribution in [3.63, 3.8) is 0 Å². The van der Waals surface area contributed by atoms with Gasteiger partial charge in [0.1, 0.15) is 17.2 Å². The predicted octanol–water partition coefficient (Wildman–Crippen LogP) is 6.55. The van der Waals surface area contributed by atoms with Crippen molar-refractivity contribution in [3.8, 4) is 22.9 Å². The Kier molecular flexibility index (Phi) is 6.38. The summed E-state index contributed by atoms with van der Waals surface area (Å²) < 4.78 is 40.2. The first-order chi connectivity index (χ1) is 19.3. The molecule has 3 N–H and O–H groups in total. The van der Waals surface area contributed by atoms with Gasteiger partial charge in [0.25, 0.3) is 0 Å². The number of benzene rings is 3. The summed E-state index contributed by atoms with van der Waals surface area (Å²) in [5.74, 6) is -1.71. The Morgan fingerprint density at radius 3 is 2.80 bits per heavy atom. The number of ether oxygens (including phenoxy) is 2. The van der Waals surface area contributed by atoms with Crippen LogP contribution in [0.5, 0.6) is 11.5 Å². The molecular weight excluding hydrogens is 516 g/mol. The summed E-state index contributed by atoms with van der Waals surface area (Å²) in [5, 5.41) is 11.7. The van der Waals surface area contributed by atoms with Crippen LogP contribution in [0.15, 0.2) is 73.1 Å². The van der Waals surface area contributed by atoms with Crippen molar-refractivity contribution in [2.45, 2.75) is 31.8 Å². The standard InChI is InChI=1S/C31H27F2N3O4/c1-3-39-30(37)23-14-22(23)17-6-4-8-19(12-17)31(2,38)26-16-35-29(36-26)18-7-5-9-20(13-18)40-28-24(32)15-25-21(27(28)33)10-11-34-25/h4-13,15-16,22-23,34,38H,3,14H2,1-2H3,(H,35,36)/t22?,23-,31?/m1/s1. The smallest absolute Gasteiger partial charge is 0.309 e. The number of fused-ring (bicyclic) bond motifs is 1. The van der Waals surface area contributed by atoms with Gasteiger partial charge in [0.05, 0.1) is 29.9 Å². The second kappa shape index (κ2) is 9.91. The Balaban J connectivity index is 1.23. The Hall–Kier alpha value is -4.50. The van der Waals surface area contributed by atoms with Crippen molar-refractivity contribution in [3.05, 3.63) is 102 Å². The summed E-state index contributed by atoms with van der Waals surface area (Å²) in [5.41, 5.74) is 1.62. The molecule has 3 aromatic carbocycles. The summed E-state index contributed by atoms with van der Waals surface area (Å²) in [4.78, 5) is 22.5. The van der Waals surface area contributed by atoms with Crippen molar-refractivity contribution in [1.82, 2.24) is 15.0 Å². The minimum atomic E-state index is -1.40. The lowest BCUT2D eigenvalue weighted by Crippen LogP contribution is -2.23. The summed E-state index contributed by atoms with van der Waals surface area (Å²) >= 11 is 0. The normalized spacial score (nSPS) is 17.9. The highest BCUT2D eigenvalue weighted by atomic mass is 19.1. The number of H-pyrrole nitrogens is 2. The van der Waals surface area contributed by atoms with E-state index in [1.807, 2.05) is 24.3 Å². The minimum Gasteiger partial charge on any atom is -0.466 e. The monoisotopic (exact) mass is 543 g/mol. The minimum absolute atomic E-state index is 0.0718. The third-order valence-electron chi connectivity index (χ3n) is 7.39. The molecule has 0 amide bonds. The predicted molar refractivity (Wildman–Crippen MR) is 145 cm³/mol. The second-order valence-electron chi connectivity index (χ2n) is 10.1. The SMILES string of the molecule is CCOC(=O)[C@@H]1CC1c1cccc(C(C)(O)c2cnc(-c3cccc(Oc4c(F)cc5[nH]ccc5c4F)c3)[nH]2)c1. The number of nitrogens with zero attached hydrogens (tertiary/aromatic N) is 1. The molecule has 204 valence electrons. The van der Waals surface area contributed by atoms with Crippen molar-refractivity contribution in [1.29, 1.82) is 0 Å². The zero-order valence-corrected chi connectivity index (χ0v) is 21.9. The molecule has 0 radical (unpaired) electrons. The van der Waals surface area contributed by atoms with E-state index < -0.39 is 23.0 Å². The summed E-state index contributed by atoms with van der Waals surface area (Å²) in [7, 11) is 0. The molecule has 9 heteroatoms. The van der Waals surface area contributed by atoms with Gasteiger partial charge in [-0.15, -0.1) is 0 Å². The van der Waals surface area contributed by atoms with Gasteiger partial charge >= 0.3 is 5.97 Å². The van der Waals surface area contributed by atoms with Crippen LogP contribution in [0.25, 0.3) is 22.3 Å². The van der Waals surface area contributed by atoms with Crippen LogP contribution in [0.2, 0.25) is 0 Å². The lowest BCUT2D eigenvalue weighted by atomic mass is 9.91. The maximum atomic E-state index is 14.9. The number of aromatic amines is 2. The van der Waals surface area contributed by atoms with Crippen LogP contribution in [-0.4, -0.2) is 32.6 Å². The first kappa shape index (κ1) is 25.8. The number of halogens is 2. The molecule has 0 saturated heterocycles. The third-order valence-corrected chi connectivity index (χ3v) is 7.39. The molecule has 1 aliphatic rings. The van der Waals surface area contributed by atoms with E-state index in [1.165, 1.54) is 18.3 Å². The molecule has 5 aromatic rings. The highest BCUT2D eigenvalue weighted by Gasteiger charge is 2.45. The van der Waals surface area contributed by atoms with Crippen LogP contribution in [0.4, 0.5) is 8.78 Å². The fourth-order valence-electron chi connectivity index (χ4n) is 5.05. The van der Waals surface area contributed by atoms with Gasteiger partial charge in [-0.25, -0.2) is 13.8 Å². The Labute approximate surface area is 228 Å². The number of hydrogen-bond donors (Lipinski definition) is 3. The van der Waals surface area contributed by atoms with E-state index in [2.05, 4.69) is 15.0 Å². The van der Waals surface area contributed by atoms with Gasteiger partial charge in [0.2, 0.25) is 0 Å². The van der Waals surface area contributed by atoms with Crippen LogP contribution in [0.3, 0.4) is 0 Å². The van der Waals surface area contributed by atoms with Crippen molar-refractivity contribution in [2.24, 2.45) is 5.92 Å². The summed E-state index contributed by atoms with van der Waals surface area (Å²) in [6.07, 6.45) is 3.81. The summed E-state index contributed by atoms with van der Waals surface area (Å²) in [6, 6.07) is 16.9. The van der Waals surface area contributed by atoms with E-state index in [0.29, 0.717) is 34.8 Å². The Bertz CT molecular complexity index is 1720. The van der Waals surface area contributed by atoms with Gasteiger partial charge < -0.3 is 24.5 Å². The van der Waals surface area contributed by atoms with Crippen LogP contribution in [0.1, 0.15) is 43.0 Å². The number of aromatic nitrogens is 3. The zero-order chi connectivity index (χ0) is 28.0. The maximum absolute atomic E-state index is 14.9. The Morgan fingerprint density at radius 1 is 1.15 bits per heavy atom. The van der Waals surface area contributed by atoms with Crippen LogP contribution in [0, 0.1) is 17.6 Å². The molecule has 1 fully saturated rings. The molecule has 2 unspecified atom stereocenters. The van der Waals surface area contributed by atoms with E-state index in [-0.39, 0.29) is 28.9 Å². The molecule has 7 nitrogen and oxygen atoms in total. The molecule has 2 heterocycles. The first-order valence-electron chi connectivity index (χ1n) is 13.0. The Morgan fingerprint density at radius 2 is 1.98 bits per heavy atom. The van der Waals surface area contributed by atoms with Gasteiger partial charge in [-0.3, -0.25) is 4.79 Å². The van der Waals surface area contributed by atoms with Gasteiger partial charge in [-0.05, 0) is 55.5 Å². The molecule has 6 rings (SSSR count). The van der Waals surface area contributed by atoms with E-state index in [4.69, 9.17) is 9.47 Å². The fourth-order valence-corrected chi connectivity index (χ4v) is 5.05. The van der Waals surface area contributed by atoms with Crippen molar-refractivity contribution >= 4 is 16.9 Å². The van der Waals surface area contributed by atoms with Gasteiger partial charge in [0.15, 0.2) is 17.4 Å². The average molecular weight is 544 g/mol. The topological polar surface area (TPSA) is 100 Å². The molecular formula is C31H27F2N3O4. The third kappa shape index (κ3) is 4.62. The van der Waals surface area contributed by atoms with E-state index in [1.54, 1.807) is 44.3 Å². The van der Waals surface area contributed by atoms with Crippen LogP contribution < -0.4 is 4.74 Å². The highest BCUT2D eigenvalue weighted by Crippen LogP contribution is 2.49. The van der Waals surface area contributed by atoms with Crippen LogP contribution in [-0.2, 0) is 15.1 Å². The lowest BCUT2D eigenvalue weighted by Gasteiger charge is -2.23. The molecule has 0 spiro atoms. The van der Waals surface area contributed by atoms with Crippen molar-refractivity contribution < 1.29 is 28.2 Å². The molecule has 1 aliphatic carbocycles. The van der Waals surface area contributed by atoms with Gasteiger partial charge in [-0.1, -0.05) is 36.4 Å². The molecule has 0 aliphatic heterocycles. The number of hydrogen-bond acceptors (Lipinski definition) is 5. The number of rotatable bonds is 8. The molecule has 2 aromatic heterocycles. The highest BCUT2D eigenvalue weighted by molar-refractivity contribution is 5.82. The number of imidazole rings is 1. The zero-order valence-electron chi connectivity index (χ0n) is 21.9.